The predicted octanol–water partition coefficient (Wildman–Crippen LogP) is 13.3. The van der Waals surface area contributed by atoms with E-state index in [1.807, 2.05) is 6.07 Å². The molecule has 5 heteroatoms. The second-order valence-electron chi connectivity index (χ2n) is 12.0. The van der Waals surface area contributed by atoms with Crippen molar-refractivity contribution in [1.82, 2.24) is 0 Å². The van der Waals surface area contributed by atoms with Crippen LogP contribution >= 0.6 is 31.9 Å². The Morgan fingerprint density at radius 1 is 0.578 bits per heavy atom. The van der Waals surface area contributed by atoms with Gasteiger partial charge in [0.05, 0.1) is 16.9 Å². The lowest BCUT2D eigenvalue weighted by Gasteiger charge is -2.34. The molecule has 0 aliphatic carbocycles. The van der Waals surface area contributed by atoms with E-state index in [9.17, 15) is 0 Å². The van der Waals surface area contributed by atoms with Crippen LogP contribution in [0.5, 0.6) is 0 Å². The van der Waals surface area contributed by atoms with Gasteiger partial charge in [-0.25, -0.2) is 0 Å². The normalized spacial score (nSPS) is 15.1. The summed E-state index contributed by atoms with van der Waals surface area (Å²) in [5.41, 5.74) is 9.34. The first kappa shape index (κ1) is 30.3. The molecule has 7 rings (SSSR count). The minimum Gasteiger partial charge on any atom is -0.454 e. The van der Waals surface area contributed by atoms with Gasteiger partial charge in [0.15, 0.2) is 5.58 Å². The highest BCUT2D eigenvalue weighted by Gasteiger charge is 2.49. The third-order valence-corrected chi connectivity index (χ3v) is 10.9. The van der Waals surface area contributed by atoms with Gasteiger partial charge in [-0.15, -0.1) is 0 Å². The maximum absolute atomic E-state index is 7.08. The number of nitrogens with zero attached hydrogens (tertiary/aromatic N) is 1. The molecule has 6 aromatic rings. The molecule has 1 aliphatic heterocycles. The van der Waals surface area contributed by atoms with Crippen LogP contribution in [0, 0.1) is 0 Å². The number of para-hydroxylation sites is 1. The molecule has 0 unspecified atom stereocenters. The number of fused-ring (bicyclic) bond motifs is 4. The smallest absolute Gasteiger partial charge is 0.159 e. The molecule has 45 heavy (non-hydrogen) atoms. The molecule has 0 amide bonds. The second kappa shape index (κ2) is 11.8. The highest BCUT2D eigenvalue weighted by Crippen LogP contribution is 2.55. The Balaban J connectivity index is 1.51. The first-order chi connectivity index (χ1) is 21.8. The molecule has 0 saturated heterocycles. The summed E-state index contributed by atoms with van der Waals surface area (Å²) in [4.78, 5) is 2.30. The van der Waals surface area contributed by atoms with Crippen molar-refractivity contribution in [2.75, 3.05) is 4.90 Å². The molecule has 1 aliphatic rings. The number of anilines is 3. The van der Waals surface area contributed by atoms with E-state index in [-0.39, 0.29) is 11.2 Å². The molecule has 228 valence electrons. The van der Waals surface area contributed by atoms with Gasteiger partial charge < -0.3 is 14.1 Å². The lowest BCUT2D eigenvalue weighted by atomic mass is 9.81. The van der Waals surface area contributed by atoms with Crippen molar-refractivity contribution in [3.8, 4) is 11.1 Å². The van der Waals surface area contributed by atoms with Gasteiger partial charge >= 0.3 is 0 Å². The molecular formula is C40H37Br2NO2. The van der Waals surface area contributed by atoms with Crippen LogP contribution in [0.3, 0.4) is 0 Å². The SMILES string of the molecule is CCC1(CC)OC(CC)(CC)c2cc(-c3cc(N(c4ccc(Br)cc4)c4ccc(Br)cc4)c4oc5ccccc5c4c3)ccc21. The van der Waals surface area contributed by atoms with Gasteiger partial charge in [0.2, 0.25) is 0 Å². The topological polar surface area (TPSA) is 25.6 Å². The minimum absolute atomic E-state index is 0.240. The van der Waals surface area contributed by atoms with E-state index >= 15 is 0 Å². The number of hydrogen-bond donors (Lipinski definition) is 0. The van der Waals surface area contributed by atoms with E-state index in [2.05, 4.69) is 162 Å². The highest BCUT2D eigenvalue weighted by atomic mass is 79.9. The average molecular weight is 724 g/mol. The third-order valence-electron chi connectivity index (χ3n) is 9.88. The van der Waals surface area contributed by atoms with Crippen LogP contribution in [-0.4, -0.2) is 0 Å². The number of hydrogen-bond acceptors (Lipinski definition) is 3. The van der Waals surface area contributed by atoms with Gasteiger partial charge in [-0.2, -0.15) is 0 Å². The quantitative estimate of drug-likeness (QED) is 0.156. The molecule has 5 aromatic carbocycles. The number of ether oxygens (including phenoxy) is 1. The molecule has 0 spiro atoms. The van der Waals surface area contributed by atoms with Gasteiger partial charge in [-0.05, 0) is 121 Å². The van der Waals surface area contributed by atoms with Crippen molar-refractivity contribution in [1.29, 1.82) is 0 Å². The molecule has 0 N–H and O–H groups in total. The van der Waals surface area contributed by atoms with E-state index < -0.39 is 0 Å². The van der Waals surface area contributed by atoms with Crippen LogP contribution in [-0.2, 0) is 15.9 Å². The second-order valence-corrected chi connectivity index (χ2v) is 13.9. The van der Waals surface area contributed by atoms with Crippen molar-refractivity contribution in [2.45, 2.75) is 64.6 Å². The van der Waals surface area contributed by atoms with E-state index in [1.165, 1.54) is 16.7 Å². The van der Waals surface area contributed by atoms with Crippen LogP contribution < -0.4 is 4.90 Å². The summed E-state index contributed by atoms with van der Waals surface area (Å²) in [5, 5.41) is 2.21. The number of rotatable bonds is 8. The van der Waals surface area contributed by atoms with Crippen LogP contribution in [0.25, 0.3) is 33.1 Å². The Morgan fingerprint density at radius 3 is 1.76 bits per heavy atom. The molecule has 1 aromatic heterocycles. The van der Waals surface area contributed by atoms with Gasteiger partial charge in [-0.1, -0.05) is 89.9 Å². The van der Waals surface area contributed by atoms with Gasteiger partial charge in [0, 0.05) is 31.1 Å². The summed E-state index contributed by atoms with van der Waals surface area (Å²) in [6, 6.07) is 36.9. The van der Waals surface area contributed by atoms with Crippen molar-refractivity contribution in [3.63, 3.8) is 0 Å². The Bertz CT molecular complexity index is 1960. The minimum atomic E-state index is -0.284. The Morgan fingerprint density at radius 2 is 1.16 bits per heavy atom. The zero-order valence-corrected chi connectivity index (χ0v) is 29.3. The first-order valence-corrected chi connectivity index (χ1v) is 17.6. The molecule has 3 nitrogen and oxygen atoms in total. The fourth-order valence-corrected chi connectivity index (χ4v) is 7.81. The van der Waals surface area contributed by atoms with Crippen molar-refractivity contribution < 1.29 is 9.15 Å². The summed E-state index contributed by atoms with van der Waals surface area (Å²) in [5.74, 6) is 0. The molecule has 2 heterocycles. The van der Waals surface area contributed by atoms with Gasteiger partial charge in [0.1, 0.15) is 5.58 Å². The standard InChI is InChI=1S/C40H37Br2NO2/c1-5-39(6-2)34-22-13-26(24-35(34)40(7-3,8-4)45-39)27-23-33-32-11-9-10-12-37(32)44-38(33)36(25-27)43(30-18-14-28(41)15-19-30)31-20-16-29(42)17-21-31/h9-25H,5-8H2,1-4H3. The fraction of sp³-hybridized carbons (Fsp3) is 0.250. The van der Waals surface area contributed by atoms with Crippen LogP contribution in [0.2, 0.25) is 0 Å². The Labute approximate surface area is 282 Å². The maximum Gasteiger partial charge on any atom is 0.159 e. The number of benzene rings is 5. The van der Waals surface area contributed by atoms with Crippen LogP contribution in [0.15, 0.2) is 116 Å². The number of furan rings is 1. The third kappa shape index (κ3) is 4.95. The summed E-state index contributed by atoms with van der Waals surface area (Å²) in [6.45, 7) is 9.03. The largest absolute Gasteiger partial charge is 0.454 e. The molecule has 0 radical (unpaired) electrons. The van der Waals surface area contributed by atoms with Crippen molar-refractivity contribution >= 4 is 70.9 Å². The van der Waals surface area contributed by atoms with Crippen molar-refractivity contribution in [3.05, 3.63) is 123 Å². The van der Waals surface area contributed by atoms with E-state index in [0.29, 0.717) is 0 Å². The number of halogens is 2. The fourth-order valence-electron chi connectivity index (χ4n) is 7.28. The summed E-state index contributed by atoms with van der Waals surface area (Å²) >= 11 is 7.26. The first-order valence-electron chi connectivity index (χ1n) is 16.0. The van der Waals surface area contributed by atoms with E-state index in [0.717, 1.165) is 79.2 Å². The maximum atomic E-state index is 7.08. The average Bonchev–Trinajstić information content (AvgIpc) is 3.60. The zero-order valence-electron chi connectivity index (χ0n) is 26.2. The summed E-state index contributed by atoms with van der Waals surface area (Å²) < 4.78 is 15.8. The van der Waals surface area contributed by atoms with E-state index in [4.69, 9.17) is 9.15 Å². The molecule has 0 bridgehead atoms. The van der Waals surface area contributed by atoms with Gasteiger partial charge in [0.25, 0.3) is 0 Å². The van der Waals surface area contributed by atoms with Gasteiger partial charge in [-0.3, -0.25) is 0 Å². The molecular weight excluding hydrogens is 686 g/mol. The van der Waals surface area contributed by atoms with Crippen molar-refractivity contribution in [2.24, 2.45) is 0 Å². The zero-order chi connectivity index (χ0) is 31.3. The summed E-state index contributed by atoms with van der Waals surface area (Å²) in [6.07, 6.45) is 3.81. The van der Waals surface area contributed by atoms with Crippen LogP contribution in [0.4, 0.5) is 17.1 Å². The Kier molecular flexibility index (Phi) is 7.92. The molecule has 0 atom stereocenters. The Hall–Kier alpha value is -3.38. The lowest BCUT2D eigenvalue weighted by molar-refractivity contribution is -0.151. The van der Waals surface area contributed by atoms with E-state index in [1.54, 1.807) is 0 Å². The highest BCUT2D eigenvalue weighted by molar-refractivity contribution is 9.10. The predicted molar refractivity (Wildman–Crippen MR) is 195 cm³/mol. The van der Waals surface area contributed by atoms with Crippen LogP contribution in [0.1, 0.15) is 64.5 Å². The molecule has 0 saturated carbocycles. The molecule has 0 fully saturated rings. The lowest BCUT2D eigenvalue weighted by Crippen LogP contribution is -2.31. The summed E-state index contributed by atoms with van der Waals surface area (Å²) in [7, 11) is 0. The monoisotopic (exact) mass is 721 g/mol.